The van der Waals surface area contributed by atoms with Gasteiger partial charge in [0, 0.05) is 24.7 Å². The summed E-state index contributed by atoms with van der Waals surface area (Å²) in [5.41, 5.74) is 1.88. The van der Waals surface area contributed by atoms with Gasteiger partial charge in [-0.2, -0.15) is 4.31 Å². The normalized spacial score (nSPS) is 15.8. The standard InChI is InChI=1S/C20H25N3O5S/c1-14-6-9-20(28-3)17(12-14)15(2)21-18-8-7-16(13-19(18)23(24)25)29(26,27)22-10-4-5-11-22/h6-9,12-13,15,21H,4-5,10-11H2,1-3H3/t15-/m1/s1. The Morgan fingerprint density at radius 1 is 1.17 bits per heavy atom. The number of hydrogen-bond acceptors (Lipinski definition) is 6. The third kappa shape index (κ3) is 4.35. The van der Waals surface area contributed by atoms with Crippen molar-refractivity contribution >= 4 is 21.4 Å². The minimum atomic E-state index is -3.73. The van der Waals surface area contributed by atoms with Gasteiger partial charge in [0.2, 0.25) is 10.0 Å². The largest absolute Gasteiger partial charge is 0.496 e. The van der Waals surface area contributed by atoms with Crippen LogP contribution in [0.25, 0.3) is 0 Å². The zero-order chi connectivity index (χ0) is 21.2. The minimum absolute atomic E-state index is 0.0579. The van der Waals surface area contributed by atoms with E-state index in [1.165, 1.54) is 16.4 Å². The molecule has 1 aliphatic rings. The van der Waals surface area contributed by atoms with Crippen LogP contribution in [0.3, 0.4) is 0 Å². The SMILES string of the molecule is COc1ccc(C)cc1[C@@H](C)Nc1ccc(S(=O)(=O)N2CCCC2)cc1[N+](=O)[O-]. The summed E-state index contributed by atoms with van der Waals surface area (Å²) in [5, 5.41) is 14.8. The van der Waals surface area contributed by atoms with Crippen LogP contribution in [0.4, 0.5) is 11.4 Å². The second kappa shape index (κ2) is 8.38. The molecule has 1 saturated heterocycles. The van der Waals surface area contributed by atoms with E-state index in [1.54, 1.807) is 7.11 Å². The Morgan fingerprint density at radius 2 is 1.86 bits per heavy atom. The van der Waals surface area contributed by atoms with Gasteiger partial charge in [0.15, 0.2) is 0 Å². The molecule has 1 N–H and O–H groups in total. The number of rotatable bonds is 7. The summed E-state index contributed by atoms with van der Waals surface area (Å²) in [4.78, 5) is 11.0. The highest BCUT2D eigenvalue weighted by molar-refractivity contribution is 7.89. The van der Waals surface area contributed by atoms with Crippen LogP contribution >= 0.6 is 0 Å². The molecule has 156 valence electrons. The van der Waals surface area contributed by atoms with Crippen molar-refractivity contribution in [1.82, 2.24) is 4.31 Å². The van der Waals surface area contributed by atoms with Crippen molar-refractivity contribution in [3.05, 3.63) is 57.6 Å². The molecular formula is C20H25N3O5S. The predicted octanol–water partition coefficient (Wildman–Crippen LogP) is 3.87. The van der Waals surface area contributed by atoms with Gasteiger partial charge in [-0.1, -0.05) is 17.7 Å². The number of nitro groups is 1. The molecular weight excluding hydrogens is 394 g/mol. The summed E-state index contributed by atoms with van der Waals surface area (Å²) in [7, 11) is -2.16. The molecule has 0 radical (unpaired) electrons. The first-order valence-electron chi connectivity index (χ1n) is 9.43. The Morgan fingerprint density at radius 3 is 2.48 bits per heavy atom. The molecule has 0 bridgehead atoms. The quantitative estimate of drug-likeness (QED) is 0.540. The molecule has 0 aliphatic carbocycles. The van der Waals surface area contributed by atoms with Crippen molar-refractivity contribution in [2.45, 2.75) is 37.6 Å². The summed E-state index contributed by atoms with van der Waals surface area (Å²) in [6.07, 6.45) is 1.60. The van der Waals surface area contributed by atoms with Crippen molar-refractivity contribution in [2.24, 2.45) is 0 Å². The third-order valence-corrected chi connectivity index (χ3v) is 6.99. The molecule has 2 aromatic carbocycles. The van der Waals surface area contributed by atoms with E-state index in [2.05, 4.69) is 5.32 Å². The Hall–Kier alpha value is -2.65. The average molecular weight is 420 g/mol. The van der Waals surface area contributed by atoms with E-state index >= 15 is 0 Å². The molecule has 0 amide bonds. The van der Waals surface area contributed by atoms with Gasteiger partial charge in [-0.05, 0) is 44.9 Å². The minimum Gasteiger partial charge on any atom is -0.496 e. The van der Waals surface area contributed by atoms with Gasteiger partial charge in [-0.3, -0.25) is 10.1 Å². The number of hydrogen-bond donors (Lipinski definition) is 1. The maximum Gasteiger partial charge on any atom is 0.293 e. The lowest BCUT2D eigenvalue weighted by Gasteiger charge is -2.20. The molecule has 1 fully saturated rings. The number of nitrogens with zero attached hydrogens (tertiary/aromatic N) is 2. The second-order valence-electron chi connectivity index (χ2n) is 7.16. The van der Waals surface area contributed by atoms with Crippen LogP contribution in [0.1, 0.15) is 36.9 Å². The lowest BCUT2D eigenvalue weighted by molar-refractivity contribution is -0.384. The number of nitro benzene ring substituents is 1. The number of anilines is 1. The Kier molecular flexibility index (Phi) is 6.09. The molecule has 0 saturated carbocycles. The van der Waals surface area contributed by atoms with E-state index in [-0.39, 0.29) is 22.3 Å². The monoisotopic (exact) mass is 419 g/mol. The summed E-state index contributed by atoms with van der Waals surface area (Å²) < 4.78 is 32.3. The lowest BCUT2D eigenvalue weighted by Crippen LogP contribution is -2.27. The molecule has 1 aliphatic heterocycles. The highest BCUT2D eigenvalue weighted by atomic mass is 32.2. The molecule has 9 heteroatoms. The Bertz CT molecular complexity index is 1020. The Balaban J connectivity index is 1.94. The van der Waals surface area contributed by atoms with Gasteiger partial charge in [-0.15, -0.1) is 0 Å². The van der Waals surface area contributed by atoms with E-state index in [4.69, 9.17) is 4.74 Å². The van der Waals surface area contributed by atoms with Crippen LogP contribution in [0.2, 0.25) is 0 Å². The summed E-state index contributed by atoms with van der Waals surface area (Å²) >= 11 is 0. The molecule has 0 spiro atoms. The van der Waals surface area contributed by atoms with Crippen LogP contribution in [-0.2, 0) is 10.0 Å². The lowest BCUT2D eigenvalue weighted by atomic mass is 10.0. The van der Waals surface area contributed by atoms with Crippen molar-refractivity contribution in [1.29, 1.82) is 0 Å². The van der Waals surface area contributed by atoms with Crippen LogP contribution in [0.5, 0.6) is 5.75 Å². The maximum atomic E-state index is 12.8. The second-order valence-corrected chi connectivity index (χ2v) is 9.10. The van der Waals surface area contributed by atoms with Crippen molar-refractivity contribution in [3.8, 4) is 5.75 Å². The van der Waals surface area contributed by atoms with Gasteiger partial charge in [0.1, 0.15) is 11.4 Å². The van der Waals surface area contributed by atoms with Crippen molar-refractivity contribution < 1.29 is 18.1 Å². The van der Waals surface area contributed by atoms with Crippen LogP contribution in [-0.4, -0.2) is 37.8 Å². The zero-order valence-corrected chi connectivity index (χ0v) is 17.5. The fraction of sp³-hybridized carbons (Fsp3) is 0.400. The number of ether oxygens (including phenoxy) is 1. The fourth-order valence-electron chi connectivity index (χ4n) is 3.53. The van der Waals surface area contributed by atoms with Gasteiger partial charge in [0.05, 0.1) is 23.0 Å². The molecule has 29 heavy (non-hydrogen) atoms. The summed E-state index contributed by atoms with van der Waals surface area (Å²) in [5.74, 6) is 0.673. The summed E-state index contributed by atoms with van der Waals surface area (Å²) in [6, 6.07) is 9.45. The van der Waals surface area contributed by atoms with Crippen molar-refractivity contribution in [2.75, 3.05) is 25.5 Å². The molecule has 1 heterocycles. The van der Waals surface area contributed by atoms with Crippen LogP contribution in [0, 0.1) is 17.0 Å². The van der Waals surface area contributed by atoms with E-state index < -0.39 is 14.9 Å². The molecule has 2 aromatic rings. The topological polar surface area (TPSA) is 102 Å². The highest BCUT2D eigenvalue weighted by Gasteiger charge is 2.29. The van der Waals surface area contributed by atoms with E-state index in [0.717, 1.165) is 30.0 Å². The van der Waals surface area contributed by atoms with Crippen molar-refractivity contribution in [3.63, 3.8) is 0 Å². The fourth-order valence-corrected chi connectivity index (χ4v) is 5.06. The number of methoxy groups -OCH3 is 1. The third-order valence-electron chi connectivity index (χ3n) is 5.09. The molecule has 0 unspecified atom stereocenters. The smallest absolute Gasteiger partial charge is 0.293 e. The molecule has 0 aromatic heterocycles. The summed E-state index contributed by atoms with van der Waals surface area (Å²) in [6.45, 7) is 4.71. The zero-order valence-electron chi connectivity index (χ0n) is 16.7. The van der Waals surface area contributed by atoms with Gasteiger partial charge in [-0.25, -0.2) is 8.42 Å². The number of benzene rings is 2. The first-order chi connectivity index (χ1) is 13.7. The van der Waals surface area contributed by atoms with Gasteiger partial charge in [0.25, 0.3) is 5.69 Å². The molecule has 8 nitrogen and oxygen atoms in total. The first kappa shape index (κ1) is 21.1. The van der Waals surface area contributed by atoms with Crippen LogP contribution < -0.4 is 10.1 Å². The maximum absolute atomic E-state index is 12.8. The van der Waals surface area contributed by atoms with Crippen LogP contribution in [0.15, 0.2) is 41.3 Å². The highest BCUT2D eigenvalue weighted by Crippen LogP contribution is 2.34. The number of aryl methyl sites for hydroxylation is 1. The molecule has 1 atom stereocenters. The van der Waals surface area contributed by atoms with E-state index in [9.17, 15) is 18.5 Å². The average Bonchev–Trinajstić information content (AvgIpc) is 3.23. The van der Waals surface area contributed by atoms with Gasteiger partial charge >= 0.3 is 0 Å². The first-order valence-corrected chi connectivity index (χ1v) is 10.9. The number of nitrogens with one attached hydrogen (secondary N) is 1. The molecule has 3 rings (SSSR count). The number of sulfonamides is 1. The van der Waals surface area contributed by atoms with E-state index in [1.807, 2.05) is 32.0 Å². The van der Waals surface area contributed by atoms with E-state index in [0.29, 0.717) is 18.8 Å². The van der Waals surface area contributed by atoms with Gasteiger partial charge < -0.3 is 10.1 Å². The Labute approximate surface area is 170 Å². The predicted molar refractivity (Wildman–Crippen MR) is 111 cm³/mol.